The number of nitrogens with one attached hydrogen (secondary N) is 1. The van der Waals surface area contributed by atoms with Crippen molar-refractivity contribution in [2.45, 2.75) is 52.5 Å². The van der Waals surface area contributed by atoms with Crippen LogP contribution in [0.25, 0.3) is 0 Å². The molecule has 2 rings (SSSR count). The number of carboxylic acid groups (broad SMARTS) is 1. The molecule has 1 aliphatic rings. The summed E-state index contributed by atoms with van der Waals surface area (Å²) in [7, 11) is 0. The number of amides is 1. The number of carbonyl (C=O) groups excluding carboxylic acids is 1. The summed E-state index contributed by atoms with van der Waals surface area (Å²) in [5, 5.41) is 11.9. The molecule has 110 valence electrons. The zero-order valence-corrected chi connectivity index (χ0v) is 13.0. The first kappa shape index (κ1) is 15.0. The van der Waals surface area contributed by atoms with Crippen LogP contribution in [-0.4, -0.2) is 23.0 Å². The third kappa shape index (κ3) is 3.20. The molecule has 1 aromatic rings. The van der Waals surface area contributed by atoms with Crippen molar-refractivity contribution < 1.29 is 14.7 Å². The third-order valence-corrected chi connectivity index (χ3v) is 4.84. The summed E-state index contributed by atoms with van der Waals surface area (Å²) >= 11 is 1.50. The maximum atomic E-state index is 12.3. The number of rotatable bonds is 3. The van der Waals surface area contributed by atoms with Gasteiger partial charge in [-0.1, -0.05) is 20.8 Å². The molecule has 1 aliphatic carbocycles. The maximum absolute atomic E-state index is 12.3. The van der Waals surface area contributed by atoms with Crippen LogP contribution in [0.15, 0.2) is 6.07 Å². The number of carboxylic acids is 1. The highest BCUT2D eigenvalue weighted by molar-refractivity contribution is 7.14. The predicted octanol–water partition coefficient (Wildman–Crippen LogP) is 2.86. The van der Waals surface area contributed by atoms with Crippen LogP contribution in [0.5, 0.6) is 0 Å². The Labute approximate surface area is 123 Å². The fourth-order valence-corrected chi connectivity index (χ4v) is 3.61. The van der Waals surface area contributed by atoms with Gasteiger partial charge in [-0.25, -0.2) is 4.79 Å². The average Bonchev–Trinajstić information content (AvgIpc) is 2.77. The van der Waals surface area contributed by atoms with E-state index in [0.29, 0.717) is 4.88 Å². The molecule has 0 bridgehead atoms. The number of thiophene rings is 1. The summed E-state index contributed by atoms with van der Waals surface area (Å²) < 4.78 is 0. The van der Waals surface area contributed by atoms with Crippen molar-refractivity contribution in [1.29, 1.82) is 0 Å². The number of hydrogen-bond donors (Lipinski definition) is 2. The Morgan fingerprint density at radius 1 is 1.30 bits per heavy atom. The second-order valence-electron chi connectivity index (χ2n) is 6.38. The highest BCUT2D eigenvalue weighted by Gasteiger charge is 2.33. The van der Waals surface area contributed by atoms with Gasteiger partial charge in [0, 0.05) is 4.88 Å². The zero-order valence-electron chi connectivity index (χ0n) is 12.2. The number of fused-ring (bicyclic) bond motifs is 1. The molecule has 2 N–H and O–H groups in total. The van der Waals surface area contributed by atoms with E-state index in [2.05, 4.69) is 5.32 Å². The van der Waals surface area contributed by atoms with Gasteiger partial charge in [0.1, 0.15) is 6.04 Å². The second kappa shape index (κ2) is 5.56. The van der Waals surface area contributed by atoms with Crippen molar-refractivity contribution in [1.82, 2.24) is 5.32 Å². The smallest absolute Gasteiger partial charge is 0.326 e. The van der Waals surface area contributed by atoms with E-state index in [0.717, 1.165) is 12.8 Å². The van der Waals surface area contributed by atoms with Crippen molar-refractivity contribution >= 4 is 23.2 Å². The topological polar surface area (TPSA) is 66.4 Å². The van der Waals surface area contributed by atoms with Crippen LogP contribution in [0, 0.1) is 5.41 Å². The molecule has 1 aromatic heterocycles. The van der Waals surface area contributed by atoms with Crippen LogP contribution >= 0.6 is 11.3 Å². The summed E-state index contributed by atoms with van der Waals surface area (Å²) in [6.45, 7) is 5.43. The predicted molar refractivity (Wildman–Crippen MR) is 79.3 cm³/mol. The quantitative estimate of drug-likeness (QED) is 0.901. The fraction of sp³-hybridized carbons (Fsp3) is 0.600. The molecule has 0 saturated heterocycles. The van der Waals surface area contributed by atoms with Gasteiger partial charge in [0.2, 0.25) is 0 Å². The second-order valence-corrected chi connectivity index (χ2v) is 7.51. The minimum atomic E-state index is -0.993. The Morgan fingerprint density at radius 3 is 2.50 bits per heavy atom. The van der Waals surface area contributed by atoms with Gasteiger partial charge in [-0.3, -0.25) is 4.79 Å². The summed E-state index contributed by atoms with van der Waals surface area (Å²) in [4.78, 5) is 25.5. The first-order chi connectivity index (χ1) is 9.29. The maximum Gasteiger partial charge on any atom is 0.326 e. The molecule has 0 radical (unpaired) electrons. The van der Waals surface area contributed by atoms with Crippen LogP contribution in [0.2, 0.25) is 0 Å². The highest BCUT2D eigenvalue weighted by Crippen LogP contribution is 2.30. The first-order valence-corrected chi connectivity index (χ1v) is 7.76. The van der Waals surface area contributed by atoms with E-state index < -0.39 is 17.4 Å². The van der Waals surface area contributed by atoms with Gasteiger partial charge in [-0.2, -0.15) is 0 Å². The van der Waals surface area contributed by atoms with Crippen LogP contribution in [-0.2, 0) is 17.6 Å². The number of hydrogen-bond acceptors (Lipinski definition) is 3. The summed E-state index contributed by atoms with van der Waals surface area (Å²) in [5.41, 5.74) is 0.743. The molecular weight excluding hydrogens is 274 g/mol. The molecule has 5 heteroatoms. The molecule has 0 aromatic carbocycles. The van der Waals surface area contributed by atoms with Crippen molar-refractivity contribution in [3.63, 3.8) is 0 Å². The van der Waals surface area contributed by atoms with Crippen LogP contribution in [0.3, 0.4) is 0 Å². The molecule has 0 fully saturated rings. The number of aryl methyl sites for hydroxylation is 2. The molecule has 4 nitrogen and oxygen atoms in total. The lowest BCUT2D eigenvalue weighted by Gasteiger charge is -2.27. The molecule has 0 unspecified atom stereocenters. The molecule has 0 spiro atoms. The van der Waals surface area contributed by atoms with Gasteiger partial charge in [0.15, 0.2) is 0 Å². The number of carbonyl (C=O) groups is 2. The Morgan fingerprint density at radius 2 is 1.95 bits per heavy atom. The Hall–Kier alpha value is -1.36. The molecular formula is C15H21NO3S. The highest BCUT2D eigenvalue weighted by atomic mass is 32.1. The Balaban J connectivity index is 2.15. The minimum Gasteiger partial charge on any atom is -0.480 e. The van der Waals surface area contributed by atoms with Crippen LogP contribution < -0.4 is 5.32 Å². The summed E-state index contributed by atoms with van der Waals surface area (Å²) in [6, 6.07) is 1.05. The molecule has 20 heavy (non-hydrogen) atoms. The molecule has 1 heterocycles. The van der Waals surface area contributed by atoms with Gasteiger partial charge in [-0.15, -0.1) is 11.3 Å². The lowest BCUT2D eigenvalue weighted by Crippen LogP contribution is -2.48. The van der Waals surface area contributed by atoms with E-state index in [-0.39, 0.29) is 5.91 Å². The average molecular weight is 295 g/mol. The summed E-state index contributed by atoms with van der Waals surface area (Å²) in [5.74, 6) is -1.26. The standard InChI is InChI=1S/C15H21NO3S/c1-15(2,3)12(14(18)19)16-13(17)11-8-9-6-4-5-7-10(9)20-11/h8,12H,4-7H2,1-3H3,(H,16,17)(H,18,19)/t12-/m1/s1. The van der Waals surface area contributed by atoms with E-state index in [1.165, 1.54) is 34.6 Å². The van der Waals surface area contributed by atoms with E-state index in [4.69, 9.17) is 0 Å². The Kier molecular flexibility index (Phi) is 4.18. The lowest BCUT2D eigenvalue weighted by molar-refractivity contribution is -0.142. The van der Waals surface area contributed by atoms with E-state index in [1.807, 2.05) is 26.8 Å². The third-order valence-electron chi connectivity index (χ3n) is 3.61. The normalized spacial score (nSPS) is 16.4. The minimum absolute atomic E-state index is 0.272. The molecule has 0 aliphatic heterocycles. The summed E-state index contributed by atoms with van der Waals surface area (Å²) in [6.07, 6.45) is 4.41. The van der Waals surface area contributed by atoms with Gasteiger partial charge in [0.25, 0.3) is 5.91 Å². The molecule has 1 atom stereocenters. The molecule has 1 amide bonds. The van der Waals surface area contributed by atoms with Gasteiger partial charge >= 0.3 is 5.97 Å². The van der Waals surface area contributed by atoms with Gasteiger partial charge < -0.3 is 10.4 Å². The van der Waals surface area contributed by atoms with E-state index in [1.54, 1.807) is 0 Å². The number of aliphatic carboxylic acids is 1. The Bertz CT molecular complexity index is 504. The first-order valence-electron chi connectivity index (χ1n) is 6.94. The fourth-order valence-electron chi connectivity index (χ4n) is 2.45. The lowest BCUT2D eigenvalue weighted by atomic mass is 9.87. The SMILES string of the molecule is CC(C)(C)[C@H](NC(=O)c1cc2c(s1)CCCC2)C(=O)O. The van der Waals surface area contributed by atoms with Crippen LogP contribution in [0.1, 0.15) is 53.7 Å². The van der Waals surface area contributed by atoms with Gasteiger partial charge in [0.05, 0.1) is 4.88 Å². The van der Waals surface area contributed by atoms with Gasteiger partial charge in [-0.05, 0) is 42.7 Å². The van der Waals surface area contributed by atoms with E-state index >= 15 is 0 Å². The molecule has 0 saturated carbocycles. The van der Waals surface area contributed by atoms with Crippen molar-refractivity contribution in [3.8, 4) is 0 Å². The van der Waals surface area contributed by atoms with Crippen molar-refractivity contribution in [3.05, 3.63) is 21.4 Å². The van der Waals surface area contributed by atoms with Crippen molar-refractivity contribution in [2.75, 3.05) is 0 Å². The van der Waals surface area contributed by atoms with Crippen molar-refractivity contribution in [2.24, 2.45) is 5.41 Å². The van der Waals surface area contributed by atoms with Crippen LogP contribution in [0.4, 0.5) is 0 Å². The monoisotopic (exact) mass is 295 g/mol. The zero-order chi connectivity index (χ0) is 14.9. The largest absolute Gasteiger partial charge is 0.480 e. The van der Waals surface area contributed by atoms with E-state index in [9.17, 15) is 14.7 Å².